The van der Waals surface area contributed by atoms with Crippen LogP contribution >= 0.6 is 0 Å². The maximum Gasteiger partial charge on any atom is 0.0900 e. The molecule has 0 radical (unpaired) electrons. The van der Waals surface area contributed by atoms with Crippen molar-refractivity contribution in [1.29, 1.82) is 0 Å². The summed E-state index contributed by atoms with van der Waals surface area (Å²) in [6, 6.07) is 10.6. The predicted octanol–water partition coefficient (Wildman–Crippen LogP) is 2.37. The number of para-hydroxylation sites is 1. The van der Waals surface area contributed by atoms with Crippen LogP contribution in [-0.2, 0) is 4.74 Å². The average molecular weight is 318 g/mol. The molecule has 2 fully saturated rings. The summed E-state index contributed by atoms with van der Waals surface area (Å²) in [6.45, 7) is 7.52. The fourth-order valence-corrected chi connectivity index (χ4v) is 3.77. The van der Waals surface area contributed by atoms with Crippen LogP contribution in [0.3, 0.4) is 0 Å². The van der Waals surface area contributed by atoms with Gasteiger partial charge in [0.1, 0.15) is 0 Å². The first kappa shape index (κ1) is 16.7. The first-order valence-electron chi connectivity index (χ1n) is 9.04. The summed E-state index contributed by atoms with van der Waals surface area (Å²) in [6.07, 6.45) is 3.68. The third kappa shape index (κ3) is 4.69. The van der Waals surface area contributed by atoms with E-state index in [9.17, 15) is 5.11 Å². The van der Waals surface area contributed by atoms with Crippen molar-refractivity contribution in [2.45, 2.75) is 38.4 Å². The van der Waals surface area contributed by atoms with Gasteiger partial charge in [-0.15, -0.1) is 0 Å². The minimum atomic E-state index is -0.369. The molecule has 4 nitrogen and oxygen atoms in total. The van der Waals surface area contributed by atoms with Gasteiger partial charge in [-0.2, -0.15) is 0 Å². The number of hydrogen-bond donors (Lipinski definition) is 1. The van der Waals surface area contributed by atoms with Gasteiger partial charge in [0.2, 0.25) is 0 Å². The predicted molar refractivity (Wildman–Crippen MR) is 93.9 cm³/mol. The lowest BCUT2D eigenvalue weighted by atomic mass is 10.1. The highest BCUT2D eigenvalue weighted by atomic mass is 16.5. The lowest BCUT2D eigenvalue weighted by Gasteiger charge is -2.37. The minimum absolute atomic E-state index is 0.361. The molecule has 3 atom stereocenters. The van der Waals surface area contributed by atoms with Crippen molar-refractivity contribution in [3.8, 4) is 0 Å². The second-order valence-corrected chi connectivity index (χ2v) is 7.06. The monoisotopic (exact) mass is 318 g/mol. The Balaban J connectivity index is 1.36. The largest absolute Gasteiger partial charge is 0.389 e. The van der Waals surface area contributed by atoms with Crippen molar-refractivity contribution in [2.24, 2.45) is 5.92 Å². The molecule has 0 amide bonds. The summed E-state index contributed by atoms with van der Waals surface area (Å²) in [5, 5.41) is 10.3. The third-order valence-corrected chi connectivity index (χ3v) is 5.25. The van der Waals surface area contributed by atoms with Crippen LogP contribution < -0.4 is 4.90 Å². The maximum atomic E-state index is 10.3. The number of piperazine rings is 1. The summed E-state index contributed by atoms with van der Waals surface area (Å²) in [5.74, 6) is 0.650. The Morgan fingerprint density at radius 1 is 1.13 bits per heavy atom. The average Bonchev–Trinajstić information content (AvgIpc) is 3.00. The number of aliphatic hydroxyl groups is 1. The van der Waals surface area contributed by atoms with Gasteiger partial charge in [0, 0.05) is 38.4 Å². The van der Waals surface area contributed by atoms with Gasteiger partial charge in [-0.25, -0.2) is 0 Å². The molecule has 0 unspecified atom stereocenters. The summed E-state index contributed by atoms with van der Waals surface area (Å²) in [7, 11) is 0. The Bertz CT molecular complexity index is 460. The van der Waals surface area contributed by atoms with Gasteiger partial charge in [-0.1, -0.05) is 31.5 Å². The van der Waals surface area contributed by atoms with E-state index in [4.69, 9.17) is 4.74 Å². The van der Waals surface area contributed by atoms with Gasteiger partial charge < -0.3 is 14.7 Å². The highest BCUT2D eigenvalue weighted by Crippen LogP contribution is 2.27. The van der Waals surface area contributed by atoms with E-state index in [0.29, 0.717) is 18.6 Å². The first-order chi connectivity index (χ1) is 11.2. The van der Waals surface area contributed by atoms with Gasteiger partial charge >= 0.3 is 0 Å². The van der Waals surface area contributed by atoms with Crippen LogP contribution in [0.4, 0.5) is 5.69 Å². The second-order valence-electron chi connectivity index (χ2n) is 7.06. The van der Waals surface area contributed by atoms with E-state index in [2.05, 4.69) is 47.1 Å². The SMILES string of the molecule is C[C@H]1CCC[C@@H]1OC[C@H](O)CN1CCN(c2ccccc2)CC1. The van der Waals surface area contributed by atoms with Gasteiger partial charge in [0.05, 0.1) is 18.8 Å². The van der Waals surface area contributed by atoms with Crippen molar-refractivity contribution < 1.29 is 9.84 Å². The summed E-state index contributed by atoms with van der Waals surface area (Å²) < 4.78 is 5.92. The molecule has 128 valence electrons. The summed E-state index contributed by atoms with van der Waals surface area (Å²) in [4.78, 5) is 4.77. The molecular formula is C19H30N2O2. The number of β-amino-alcohol motifs (C(OH)–C–C–N with tert-alkyl or cyclic N) is 1. The van der Waals surface area contributed by atoms with Crippen LogP contribution in [0.25, 0.3) is 0 Å². The number of anilines is 1. The van der Waals surface area contributed by atoms with E-state index in [1.54, 1.807) is 0 Å². The number of benzene rings is 1. The Kier molecular flexibility index (Phi) is 5.92. The maximum absolute atomic E-state index is 10.3. The fraction of sp³-hybridized carbons (Fsp3) is 0.684. The number of nitrogens with zero attached hydrogens (tertiary/aromatic N) is 2. The molecule has 0 aromatic heterocycles. The van der Waals surface area contributed by atoms with Gasteiger partial charge in [0.25, 0.3) is 0 Å². The van der Waals surface area contributed by atoms with Gasteiger partial charge in [0.15, 0.2) is 0 Å². The topological polar surface area (TPSA) is 35.9 Å². The molecule has 1 heterocycles. The molecule has 1 aromatic carbocycles. The van der Waals surface area contributed by atoms with Crippen LogP contribution in [-0.4, -0.2) is 61.5 Å². The Labute approximate surface area is 140 Å². The van der Waals surface area contributed by atoms with Crippen molar-refractivity contribution in [2.75, 3.05) is 44.2 Å². The Morgan fingerprint density at radius 2 is 1.87 bits per heavy atom. The van der Waals surface area contributed by atoms with E-state index in [1.807, 2.05) is 0 Å². The second kappa shape index (κ2) is 8.13. The molecule has 2 aliphatic rings. The third-order valence-electron chi connectivity index (χ3n) is 5.25. The molecule has 23 heavy (non-hydrogen) atoms. The molecule has 1 aliphatic carbocycles. The lowest BCUT2D eigenvalue weighted by Crippen LogP contribution is -2.49. The highest BCUT2D eigenvalue weighted by Gasteiger charge is 2.25. The lowest BCUT2D eigenvalue weighted by molar-refractivity contribution is -0.0321. The summed E-state index contributed by atoms with van der Waals surface area (Å²) in [5.41, 5.74) is 1.30. The normalized spacial score (nSPS) is 27.3. The highest BCUT2D eigenvalue weighted by molar-refractivity contribution is 5.46. The molecule has 1 aliphatic heterocycles. The van der Waals surface area contributed by atoms with Crippen molar-refractivity contribution >= 4 is 5.69 Å². The van der Waals surface area contributed by atoms with Crippen molar-refractivity contribution in [3.05, 3.63) is 30.3 Å². The van der Waals surface area contributed by atoms with E-state index >= 15 is 0 Å². The van der Waals surface area contributed by atoms with Crippen molar-refractivity contribution in [1.82, 2.24) is 4.90 Å². The zero-order valence-electron chi connectivity index (χ0n) is 14.2. The zero-order chi connectivity index (χ0) is 16.1. The van der Waals surface area contributed by atoms with Crippen LogP contribution in [0.5, 0.6) is 0 Å². The first-order valence-corrected chi connectivity index (χ1v) is 9.04. The number of rotatable bonds is 6. The van der Waals surface area contributed by atoms with Crippen LogP contribution in [0, 0.1) is 5.92 Å². The number of ether oxygens (including phenoxy) is 1. The molecule has 1 saturated heterocycles. The molecular weight excluding hydrogens is 288 g/mol. The Morgan fingerprint density at radius 3 is 2.52 bits per heavy atom. The van der Waals surface area contributed by atoms with Gasteiger partial charge in [-0.05, 0) is 30.9 Å². The van der Waals surface area contributed by atoms with Crippen LogP contribution in [0.15, 0.2) is 30.3 Å². The fourth-order valence-electron chi connectivity index (χ4n) is 3.77. The smallest absolute Gasteiger partial charge is 0.0900 e. The van der Waals surface area contributed by atoms with E-state index in [1.165, 1.54) is 18.5 Å². The molecule has 0 bridgehead atoms. The van der Waals surface area contributed by atoms with Crippen LogP contribution in [0.1, 0.15) is 26.2 Å². The molecule has 0 spiro atoms. The Hall–Kier alpha value is -1.10. The number of hydrogen-bond acceptors (Lipinski definition) is 4. The standard InChI is InChI=1S/C19H30N2O2/c1-16-6-5-9-19(16)23-15-18(22)14-20-10-12-21(13-11-20)17-7-3-2-4-8-17/h2-4,7-8,16,18-19,22H,5-6,9-15H2,1H3/t16-,18+,19-/m0/s1. The molecule has 4 heteroatoms. The van der Waals surface area contributed by atoms with E-state index < -0.39 is 0 Å². The quantitative estimate of drug-likeness (QED) is 0.873. The molecule has 1 aromatic rings. The van der Waals surface area contributed by atoms with Crippen LogP contribution in [0.2, 0.25) is 0 Å². The minimum Gasteiger partial charge on any atom is -0.389 e. The number of aliphatic hydroxyl groups excluding tert-OH is 1. The van der Waals surface area contributed by atoms with Crippen molar-refractivity contribution in [3.63, 3.8) is 0 Å². The van der Waals surface area contributed by atoms with E-state index in [0.717, 1.165) is 39.1 Å². The zero-order valence-corrected chi connectivity index (χ0v) is 14.2. The van der Waals surface area contributed by atoms with E-state index in [-0.39, 0.29) is 6.10 Å². The molecule has 1 saturated carbocycles. The molecule has 1 N–H and O–H groups in total. The summed E-state index contributed by atoms with van der Waals surface area (Å²) >= 11 is 0. The molecule has 3 rings (SSSR count). The van der Waals surface area contributed by atoms with Gasteiger partial charge in [-0.3, -0.25) is 4.90 Å².